The molecule has 104 valence electrons. The van der Waals surface area contributed by atoms with Crippen molar-refractivity contribution in [2.75, 3.05) is 6.61 Å². The highest BCUT2D eigenvalue weighted by molar-refractivity contribution is 5.39. The molecule has 2 unspecified atom stereocenters. The molecule has 0 radical (unpaired) electrons. The molecule has 20 heavy (non-hydrogen) atoms. The number of hydrogen-bond donors (Lipinski definition) is 1. The molecular formula is C18H20O2. The minimum atomic E-state index is -0.353. The second kappa shape index (κ2) is 6.10. The average Bonchev–Trinajstić information content (AvgIpc) is 2.92. The topological polar surface area (TPSA) is 29.5 Å². The van der Waals surface area contributed by atoms with Crippen LogP contribution in [0.4, 0.5) is 0 Å². The summed E-state index contributed by atoms with van der Waals surface area (Å²) in [7, 11) is 0. The third-order valence-electron chi connectivity index (χ3n) is 4.01. The summed E-state index contributed by atoms with van der Waals surface area (Å²) in [6.45, 7) is 0.779. The predicted molar refractivity (Wildman–Crippen MR) is 79.9 cm³/mol. The minimum absolute atomic E-state index is 0.353. The van der Waals surface area contributed by atoms with Crippen LogP contribution in [0.5, 0.6) is 5.75 Å². The summed E-state index contributed by atoms with van der Waals surface area (Å²) >= 11 is 0. The lowest BCUT2D eigenvalue weighted by Gasteiger charge is -2.13. The van der Waals surface area contributed by atoms with Crippen molar-refractivity contribution in [2.45, 2.75) is 31.3 Å². The Morgan fingerprint density at radius 3 is 2.65 bits per heavy atom. The molecule has 1 aliphatic heterocycles. The van der Waals surface area contributed by atoms with Crippen LogP contribution in [0.1, 0.15) is 42.4 Å². The van der Waals surface area contributed by atoms with Crippen molar-refractivity contribution in [3.05, 3.63) is 65.7 Å². The van der Waals surface area contributed by atoms with Crippen LogP contribution >= 0.6 is 0 Å². The first kappa shape index (κ1) is 13.2. The first-order valence-corrected chi connectivity index (χ1v) is 7.29. The van der Waals surface area contributed by atoms with E-state index < -0.39 is 0 Å². The first-order chi connectivity index (χ1) is 9.84. The summed E-state index contributed by atoms with van der Waals surface area (Å²) < 4.78 is 5.69. The molecule has 2 aromatic rings. The van der Waals surface area contributed by atoms with Crippen LogP contribution in [0.3, 0.4) is 0 Å². The van der Waals surface area contributed by atoms with Gasteiger partial charge in [0, 0.05) is 11.5 Å². The van der Waals surface area contributed by atoms with Gasteiger partial charge in [-0.15, -0.1) is 0 Å². The van der Waals surface area contributed by atoms with E-state index in [1.807, 2.05) is 42.5 Å². The van der Waals surface area contributed by atoms with Crippen molar-refractivity contribution in [1.29, 1.82) is 0 Å². The Bertz CT molecular complexity index is 550. The fourth-order valence-electron chi connectivity index (χ4n) is 2.87. The SMILES string of the molecule is OC(CCCC1COc2ccccc21)c1ccccc1. The lowest BCUT2D eigenvalue weighted by atomic mass is 9.94. The maximum absolute atomic E-state index is 10.2. The van der Waals surface area contributed by atoms with Gasteiger partial charge in [0.05, 0.1) is 12.7 Å². The van der Waals surface area contributed by atoms with Crippen LogP contribution in [0.15, 0.2) is 54.6 Å². The first-order valence-electron chi connectivity index (χ1n) is 7.29. The summed E-state index contributed by atoms with van der Waals surface area (Å²) in [6, 6.07) is 18.2. The number of hydrogen-bond acceptors (Lipinski definition) is 2. The van der Waals surface area contributed by atoms with E-state index >= 15 is 0 Å². The molecule has 0 saturated heterocycles. The molecule has 2 nitrogen and oxygen atoms in total. The molecule has 1 aliphatic rings. The summed E-state index contributed by atoms with van der Waals surface area (Å²) in [5, 5.41) is 10.2. The number of benzene rings is 2. The van der Waals surface area contributed by atoms with Crippen LogP contribution in [0, 0.1) is 0 Å². The lowest BCUT2D eigenvalue weighted by molar-refractivity contribution is 0.162. The van der Waals surface area contributed by atoms with E-state index in [4.69, 9.17) is 4.74 Å². The Balaban J connectivity index is 1.52. The van der Waals surface area contributed by atoms with Crippen molar-refractivity contribution < 1.29 is 9.84 Å². The molecule has 0 aromatic heterocycles. The van der Waals surface area contributed by atoms with E-state index in [-0.39, 0.29) is 6.10 Å². The second-order valence-electron chi connectivity index (χ2n) is 5.40. The molecule has 1 N–H and O–H groups in total. The molecule has 2 heteroatoms. The highest BCUT2D eigenvalue weighted by Gasteiger charge is 2.23. The van der Waals surface area contributed by atoms with Gasteiger partial charge in [-0.1, -0.05) is 48.5 Å². The van der Waals surface area contributed by atoms with E-state index in [1.54, 1.807) is 0 Å². The Labute approximate surface area is 120 Å². The molecule has 2 aromatic carbocycles. The smallest absolute Gasteiger partial charge is 0.122 e. The second-order valence-corrected chi connectivity index (χ2v) is 5.40. The predicted octanol–water partition coefficient (Wildman–Crippen LogP) is 4.07. The Hall–Kier alpha value is -1.80. The van der Waals surface area contributed by atoms with Crippen LogP contribution < -0.4 is 4.74 Å². The van der Waals surface area contributed by atoms with E-state index in [0.29, 0.717) is 5.92 Å². The summed E-state index contributed by atoms with van der Waals surface area (Å²) in [4.78, 5) is 0. The van der Waals surface area contributed by atoms with Crippen molar-refractivity contribution in [1.82, 2.24) is 0 Å². The number of ether oxygens (including phenoxy) is 1. The zero-order valence-corrected chi connectivity index (χ0v) is 11.5. The van der Waals surface area contributed by atoms with E-state index in [2.05, 4.69) is 12.1 Å². The molecule has 0 spiro atoms. The van der Waals surface area contributed by atoms with Crippen LogP contribution in [0.2, 0.25) is 0 Å². The Morgan fingerprint density at radius 2 is 1.80 bits per heavy atom. The van der Waals surface area contributed by atoms with Gasteiger partial charge < -0.3 is 9.84 Å². The molecular weight excluding hydrogens is 248 g/mol. The van der Waals surface area contributed by atoms with Gasteiger partial charge >= 0.3 is 0 Å². The molecule has 3 rings (SSSR count). The minimum Gasteiger partial charge on any atom is -0.493 e. The normalized spacial score (nSPS) is 18.4. The maximum atomic E-state index is 10.2. The summed E-state index contributed by atoms with van der Waals surface area (Å²) in [5.74, 6) is 1.51. The average molecular weight is 268 g/mol. The molecule has 1 heterocycles. The standard InChI is InChI=1S/C18H20O2/c19-17(14-7-2-1-3-8-14)11-6-9-15-13-20-18-12-5-4-10-16(15)18/h1-5,7-8,10,12,15,17,19H,6,9,11,13H2. The van der Waals surface area contributed by atoms with E-state index in [9.17, 15) is 5.11 Å². The number of aliphatic hydroxyl groups excluding tert-OH is 1. The van der Waals surface area contributed by atoms with Gasteiger partial charge in [0.1, 0.15) is 5.75 Å². The van der Waals surface area contributed by atoms with Crippen LogP contribution in [-0.4, -0.2) is 11.7 Å². The van der Waals surface area contributed by atoms with Crippen molar-refractivity contribution in [3.8, 4) is 5.75 Å². The van der Waals surface area contributed by atoms with Crippen LogP contribution in [0.25, 0.3) is 0 Å². The van der Waals surface area contributed by atoms with Gasteiger partial charge in [-0.2, -0.15) is 0 Å². The molecule has 2 atom stereocenters. The van der Waals surface area contributed by atoms with Gasteiger partial charge in [-0.3, -0.25) is 0 Å². The maximum Gasteiger partial charge on any atom is 0.122 e. The monoisotopic (exact) mass is 268 g/mol. The summed E-state index contributed by atoms with van der Waals surface area (Å²) in [5.41, 5.74) is 2.33. The van der Waals surface area contributed by atoms with Crippen LogP contribution in [-0.2, 0) is 0 Å². The number of fused-ring (bicyclic) bond motifs is 1. The van der Waals surface area contributed by atoms with Gasteiger partial charge in [0.2, 0.25) is 0 Å². The van der Waals surface area contributed by atoms with Gasteiger partial charge in [-0.25, -0.2) is 0 Å². The van der Waals surface area contributed by atoms with Crippen molar-refractivity contribution in [3.63, 3.8) is 0 Å². The van der Waals surface area contributed by atoms with Gasteiger partial charge in [-0.05, 0) is 30.9 Å². The van der Waals surface area contributed by atoms with E-state index in [1.165, 1.54) is 5.56 Å². The lowest BCUT2D eigenvalue weighted by Crippen LogP contribution is -2.03. The highest BCUT2D eigenvalue weighted by atomic mass is 16.5. The Morgan fingerprint density at radius 1 is 1.05 bits per heavy atom. The zero-order chi connectivity index (χ0) is 13.8. The molecule has 0 saturated carbocycles. The zero-order valence-electron chi connectivity index (χ0n) is 11.5. The molecule has 0 bridgehead atoms. The molecule has 0 fully saturated rings. The van der Waals surface area contributed by atoms with Crippen molar-refractivity contribution in [2.24, 2.45) is 0 Å². The number of aliphatic hydroxyl groups is 1. The van der Waals surface area contributed by atoms with Gasteiger partial charge in [0.15, 0.2) is 0 Å². The quantitative estimate of drug-likeness (QED) is 0.886. The highest BCUT2D eigenvalue weighted by Crippen LogP contribution is 2.36. The Kier molecular flexibility index (Phi) is 4.03. The molecule has 0 aliphatic carbocycles. The third-order valence-corrected chi connectivity index (χ3v) is 4.01. The fourth-order valence-corrected chi connectivity index (χ4v) is 2.87. The molecule has 0 amide bonds. The number of rotatable bonds is 5. The fraction of sp³-hybridized carbons (Fsp3) is 0.333. The third kappa shape index (κ3) is 2.86. The number of para-hydroxylation sites is 1. The largest absolute Gasteiger partial charge is 0.493 e. The summed E-state index contributed by atoms with van der Waals surface area (Å²) in [6.07, 6.45) is 2.54. The van der Waals surface area contributed by atoms with Crippen molar-refractivity contribution >= 4 is 0 Å². The van der Waals surface area contributed by atoms with Gasteiger partial charge in [0.25, 0.3) is 0 Å². The van der Waals surface area contributed by atoms with E-state index in [0.717, 1.165) is 37.2 Å².